The second-order valence-electron chi connectivity index (χ2n) is 5.62. The monoisotopic (exact) mass is 313 g/mol. The van der Waals surface area contributed by atoms with Gasteiger partial charge in [0.05, 0.1) is 13.2 Å². The summed E-state index contributed by atoms with van der Waals surface area (Å²) in [4.78, 5) is 12.0. The number of carbonyl (C=O) groups is 1. The highest BCUT2D eigenvalue weighted by Gasteiger charge is 2.06. The summed E-state index contributed by atoms with van der Waals surface area (Å²) in [6, 6.07) is 13.4. The van der Waals surface area contributed by atoms with Gasteiger partial charge in [0.2, 0.25) is 5.91 Å². The summed E-state index contributed by atoms with van der Waals surface area (Å²) in [5.41, 5.74) is 3.67. The van der Waals surface area contributed by atoms with E-state index in [0.717, 1.165) is 28.1 Å². The maximum absolute atomic E-state index is 12.0. The van der Waals surface area contributed by atoms with Crippen LogP contribution in [0, 0.1) is 13.8 Å². The van der Waals surface area contributed by atoms with E-state index in [1.54, 1.807) is 6.07 Å². The van der Waals surface area contributed by atoms with Crippen LogP contribution >= 0.6 is 0 Å². The molecular formula is C19H23NO3. The first-order chi connectivity index (χ1) is 11.1. The van der Waals surface area contributed by atoms with Crippen molar-refractivity contribution in [2.75, 3.05) is 11.9 Å². The molecule has 2 aromatic rings. The quantitative estimate of drug-likeness (QED) is 0.768. The highest BCUT2D eigenvalue weighted by molar-refractivity contribution is 5.91. The van der Waals surface area contributed by atoms with Crippen molar-refractivity contribution in [3.05, 3.63) is 59.2 Å². The molecule has 0 radical (unpaired) electrons. The fourth-order valence-electron chi connectivity index (χ4n) is 2.24. The van der Waals surface area contributed by atoms with Crippen LogP contribution in [0.4, 0.5) is 5.69 Å². The molecule has 0 aliphatic carbocycles. The second-order valence-corrected chi connectivity index (χ2v) is 5.62. The van der Waals surface area contributed by atoms with Crippen LogP contribution in [0.2, 0.25) is 0 Å². The number of aliphatic hydroxyl groups excluding tert-OH is 1. The number of nitrogens with one attached hydrogen (secondary N) is 1. The van der Waals surface area contributed by atoms with Gasteiger partial charge < -0.3 is 15.2 Å². The third-order valence-electron chi connectivity index (χ3n) is 3.57. The Morgan fingerprint density at radius 1 is 1.17 bits per heavy atom. The maximum atomic E-state index is 12.0. The molecule has 2 rings (SSSR count). The van der Waals surface area contributed by atoms with E-state index in [-0.39, 0.29) is 12.5 Å². The smallest absolute Gasteiger partial charge is 0.224 e. The molecule has 122 valence electrons. The van der Waals surface area contributed by atoms with Crippen LogP contribution in [-0.2, 0) is 11.4 Å². The number of rotatable bonds is 7. The molecular weight excluding hydrogens is 290 g/mol. The maximum Gasteiger partial charge on any atom is 0.224 e. The molecule has 0 fully saturated rings. The zero-order valence-corrected chi connectivity index (χ0v) is 13.6. The molecule has 2 N–H and O–H groups in total. The Labute approximate surface area is 137 Å². The van der Waals surface area contributed by atoms with Crippen molar-refractivity contribution < 1.29 is 14.6 Å². The Bertz CT molecular complexity index is 667. The van der Waals surface area contributed by atoms with Gasteiger partial charge in [0.15, 0.2) is 0 Å². The van der Waals surface area contributed by atoms with Crippen LogP contribution < -0.4 is 10.1 Å². The summed E-state index contributed by atoms with van der Waals surface area (Å²) in [5.74, 6) is 0.785. The van der Waals surface area contributed by atoms with E-state index in [4.69, 9.17) is 9.84 Å². The number of carbonyl (C=O) groups excluding carboxylic acids is 1. The molecule has 0 saturated carbocycles. The molecule has 2 aromatic carbocycles. The number of hydrogen-bond acceptors (Lipinski definition) is 3. The highest BCUT2D eigenvalue weighted by Crippen LogP contribution is 2.17. The van der Waals surface area contributed by atoms with Crippen LogP contribution in [-0.4, -0.2) is 17.6 Å². The second kappa shape index (κ2) is 8.34. The number of amides is 1. The third-order valence-corrected chi connectivity index (χ3v) is 3.57. The van der Waals surface area contributed by atoms with Gasteiger partial charge in [0.25, 0.3) is 0 Å². The SMILES string of the molecule is Cc1cccc(OCCCC(=O)Nc2cc(CO)ccc2C)c1. The summed E-state index contributed by atoms with van der Waals surface area (Å²) < 4.78 is 5.63. The molecule has 0 atom stereocenters. The van der Waals surface area contributed by atoms with Crippen molar-refractivity contribution in [1.82, 2.24) is 0 Å². The lowest BCUT2D eigenvalue weighted by molar-refractivity contribution is -0.116. The van der Waals surface area contributed by atoms with Gasteiger partial charge in [-0.2, -0.15) is 0 Å². The first-order valence-electron chi connectivity index (χ1n) is 7.78. The van der Waals surface area contributed by atoms with Gasteiger partial charge in [-0.3, -0.25) is 4.79 Å². The van der Waals surface area contributed by atoms with E-state index in [1.165, 1.54) is 0 Å². The minimum atomic E-state index is -0.0453. The van der Waals surface area contributed by atoms with E-state index in [1.807, 2.05) is 50.2 Å². The predicted molar refractivity (Wildman–Crippen MR) is 91.6 cm³/mol. The van der Waals surface area contributed by atoms with E-state index in [0.29, 0.717) is 19.4 Å². The molecule has 4 nitrogen and oxygen atoms in total. The standard InChI is InChI=1S/C19H23NO3/c1-14-5-3-6-17(11-14)23-10-4-7-19(22)20-18-12-16(13-21)9-8-15(18)2/h3,5-6,8-9,11-12,21H,4,7,10,13H2,1-2H3,(H,20,22). The summed E-state index contributed by atoms with van der Waals surface area (Å²) in [7, 11) is 0. The molecule has 4 heteroatoms. The molecule has 0 saturated heterocycles. The van der Waals surface area contributed by atoms with Gasteiger partial charge in [0, 0.05) is 12.1 Å². The van der Waals surface area contributed by atoms with Crippen molar-refractivity contribution >= 4 is 11.6 Å². The normalized spacial score (nSPS) is 10.4. The summed E-state index contributed by atoms with van der Waals surface area (Å²) >= 11 is 0. The Hall–Kier alpha value is -2.33. The van der Waals surface area contributed by atoms with Gasteiger partial charge in [0.1, 0.15) is 5.75 Å². The van der Waals surface area contributed by atoms with Crippen molar-refractivity contribution in [3.8, 4) is 5.75 Å². The van der Waals surface area contributed by atoms with Gasteiger partial charge in [-0.25, -0.2) is 0 Å². The predicted octanol–water partition coefficient (Wildman–Crippen LogP) is 3.59. The number of ether oxygens (including phenoxy) is 1. The fourth-order valence-corrected chi connectivity index (χ4v) is 2.24. The van der Waals surface area contributed by atoms with E-state index >= 15 is 0 Å². The number of aliphatic hydroxyl groups is 1. The number of aryl methyl sites for hydroxylation is 2. The van der Waals surface area contributed by atoms with Crippen LogP contribution in [0.1, 0.15) is 29.5 Å². The zero-order valence-electron chi connectivity index (χ0n) is 13.6. The van der Waals surface area contributed by atoms with Crippen LogP contribution in [0.3, 0.4) is 0 Å². The molecule has 0 spiro atoms. The largest absolute Gasteiger partial charge is 0.494 e. The Balaban J connectivity index is 1.77. The fraction of sp³-hybridized carbons (Fsp3) is 0.316. The van der Waals surface area contributed by atoms with E-state index in [2.05, 4.69) is 5.32 Å². The minimum Gasteiger partial charge on any atom is -0.494 e. The number of benzene rings is 2. The molecule has 0 bridgehead atoms. The first kappa shape index (κ1) is 17.0. The van der Waals surface area contributed by atoms with Gasteiger partial charge in [-0.05, 0) is 55.2 Å². The first-order valence-corrected chi connectivity index (χ1v) is 7.78. The molecule has 0 heterocycles. The van der Waals surface area contributed by atoms with Crippen LogP contribution in [0.15, 0.2) is 42.5 Å². The minimum absolute atomic E-state index is 0.0342. The van der Waals surface area contributed by atoms with Crippen LogP contribution in [0.25, 0.3) is 0 Å². The van der Waals surface area contributed by atoms with Gasteiger partial charge >= 0.3 is 0 Å². The Morgan fingerprint density at radius 3 is 2.74 bits per heavy atom. The lowest BCUT2D eigenvalue weighted by Crippen LogP contribution is -2.14. The lowest BCUT2D eigenvalue weighted by atomic mass is 10.1. The average Bonchev–Trinajstić information content (AvgIpc) is 2.54. The molecule has 0 aliphatic rings. The molecule has 0 unspecified atom stereocenters. The number of anilines is 1. The van der Waals surface area contributed by atoms with Crippen LogP contribution in [0.5, 0.6) is 5.75 Å². The Morgan fingerprint density at radius 2 is 2.00 bits per heavy atom. The summed E-state index contributed by atoms with van der Waals surface area (Å²) in [5, 5.41) is 12.0. The van der Waals surface area contributed by atoms with Gasteiger partial charge in [-0.15, -0.1) is 0 Å². The van der Waals surface area contributed by atoms with Crippen molar-refractivity contribution in [3.63, 3.8) is 0 Å². The number of hydrogen-bond donors (Lipinski definition) is 2. The molecule has 0 aromatic heterocycles. The average molecular weight is 313 g/mol. The van der Waals surface area contributed by atoms with Gasteiger partial charge in [-0.1, -0.05) is 24.3 Å². The van der Waals surface area contributed by atoms with E-state index < -0.39 is 0 Å². The molecule has 0 aliphatic heterocycles. The molecule has 1 amide bonds. The van der Waals surface area contributed by atoms with Crippen molar-refractivity contribution in [1.29, 1.82) is 0 Å². The van der Waals surface area contributed by atoms with E-state index in [9.17, 15) is 4.79 Å². The van der Waals surface area contributed by atoms with Crippen molar-refractivity contribution in [2.45, 2.75) is 33.3 Å². The lowest BCUT2D eigenvalue weighted by Gasteiger charge is -2.10. The summed E-state index contributed by atoms with van der Waals surface area (Å²) in [6.45, 7) is 4.42. The third kappa shape index (κ3) is 5.42. The Kier molecular flexibility index (Phi) is 6.18. The van der Waals surface area contributed by atoms with Crippen molar-refractivity contribution in [2.24, 2.45) is 0 Å². The topological polar surface area (TPSA) is 58.6 Å². The summed E-state index contributed by atoms with van der Waals surface area (Å²) in [6.07, 6.45) is 1.05. The highest BCUT2D eigenvalue weighted by atomic mass is 16.5. The molecule has 23 heavy (non-hydrogen) atoms. The zero-order chi connectivity index (χ0) is 16.7.